The van der Waals surface area contributed by atoms with Gasteiger partial charge in [0.15, 0.2) is 5.82 Å². The topological polar surface area (TPSA) is 98.0 Å². The van der Waals surface area contributed by atoms with Crippen LogP contribution in [0.15, 0.2) is 30.5 Å². The number of methoxy groups -OCH3 is 1. The van der Waals surface area contributed by atoms with Crippen molar-refractivity contribution in [2.75, 3.05) is 38.2 Å². The predicted octanol–water partition coefficient (Wildman–Crippen LogP) is 5.00. The van der Waals surface area contributed by atoms with Crippen LogP contribution in [0.4, 0.5) is 19.3 Å². The van der Waals surface area contributed by atoms with E-state index in [1.54, 1.807) is 25.7 Å². The van der Waals surface area contributed by atoms with Gasteiger partial charge in [0.1, 0.15) is 22.7 Å². The van der Waals surface area contributed by atoms with Crippen molar-refractivity contribution in [2.24, 2.45) is 5.73 Å². The van der Waals surface area contributed by atoms with Gasteiger partial charge < -0.3 is 25.0 Å². The average molecular weight is 533 g/mol. The molecule has 0 atom stereocenters. The Kier molecular flexibility index (Phi) is 7.14. The summed E-state index contributed by atoms with van der Waals surface area (Å²) in [5.41, 5.74) is 4.95. The molecule has 2 amide bonds. The Balaban J connectivity index is 1.80. The van der Waals surface area contributed by atoms with Crippen LogP contribution in [0, 0.1) is 11.6 Å². The van der Waals surface area contributed by atoms with E-state index in [-0.39, 0.29) is 38.4 Å². The second kappa shape index (κ2) is 10.0. The highest BCUT2D eigenvalue weighted by molar-refractivity contribution is 6.34. The highest BCUT2D eigenvalue weighted by Gasteiger charge is 2.30. The maximum Gasteiger partial charge on any atom is 0.410 e. The molecule has 4 rings (SSSR count). The number of hydrogen-bond acceptors (Lipinski definition) is 6. The van der Waals surface area contributed by atoms with Crippen molar-refractivity contribution >= 4 is 40.2 Å². The molecule has 0 spiro atoms. The van der Waals surface area contributed by atoms with Crippen LogP contribution in [0.2, 0.25) is 5.02 Å². The number of rotatable bonds is 4. The number of carbonyl (C=O) groups excluding carboxylic acids is 2. The first kappa shape index (κ1) is 26.4. The number of halogens is 3. The molecule has 37 heavy (non-hydrogen) atoms. The summed E-state index contributed by atoms with van der Waals surface area (Å²) in [6.07, 6.45) is 0.749. The summed E-state index contributed by atoms with van der Waals surface area (Å²) in [5.74, 6) is -2.23. The van der Waals surface area contributed by atoms with Gasteiger partial charge in [-0.3, -0.25) is 9.78 Å². The molecule has 2 aromatic carbocycles. The Bertz CT molecular complexity index is 1390. The lowest BCUT2D eigenvalue weighted by Gasteiger charge is -2.37. The van der Waals surface area contributed by atoms with Crippen molar-refractivity contribution in [1.82, 2.24) is 9.88 Å². The lowest BCUT2D eigenvalue weighted by Crippen LogP contribution is -2.50. The van der Waals surface area contributed by atoms with Crippen molar-refractivity contribution in [3.63, 3.8) is 0 Å². The van der Waals surface area contributed by atoms with Crippen LogP contribution in [0.5, 0.6) is 5.75 Å². The van der Waals surface area contributed by atoms with Gasteiger partial charge in [0.05, 0.1) is 28.9 Å². The van der Waals surface area contributed by atoms with E-state index >= 15 is 4.39 Å². The Morgan fingerprint density at radius 1 is 1.11 bits per heavy atom. The molecule has 2 heterocycles. The van der Waals surface area contributed by atoms with Gasteiger partial charge in [0.2, 0.25) is 0 Å². The van der Waals surface area contributed by atoms with Gasteiger partial charge in [-0.15, -0.1) is 0 Å². The standard InChI is InChI=1S/C26H27ClF2N4O4/c1-26(2,3)37-25(35)33-10-8-32(9-11-33)23-14-12-16(27)19(20-17(28)6-5-7-18(20)36-4)21(29)22(14)31-13-15(23)24(30)34/h5-7,12-13H,8-11H2,1-4H3,(H2,30,34). The maximum absolute atomic E-state index is 15.9. The lowest BCUT2D eigenvalue weighted by atomic mass is 9.98. The molecular weight excluding hydrogens is 506 g/mol. The zero-order valence-corrected chi connectivity index (χ0v) is 21.7. The van der Waals surface area contributed by atoms with E-state index in [1.165, 1.54) is 37.6 Å². The first-order valence-corrected chi connectivity index (χ1v) is 12.0. The molecule has 1 aliphatic heterocycles. The number of nitrogens with two attached hydrogens (primary N) is 1. The molecule has 11 heteroatoms. The Hall–Kier alpha value is -3.66. The minimum Gasteiger partial charge on any atom is -0.496 e. The van der Waals surface area contributed by atoms with Gasteiger partial charge in [-0.2, -0.15) is 0 Å². The van der Waals surface area contributed by atoms with Crippen molar-refractivity contribution in [2.45, 2.75) is 26.4 Å². The predicted molar refractivity (Wildman–Crippen MR) is 137 cm³/mol. The van der Waals surface area contributed by atoms with Crippen LogP contribution in [0.1, 0.15) is 31.1 Å². The number of primary amides is 1. The minimum absolute atomic E-state index is 0.0740. The van der Waals surface area contributed by atoms with Gasteiger partial charge >= 0.3 is 6.09 Å². The molecule has 196 valence electrons. The Morgan fingerprint density at radius 3 is 2.38 bits per heavy atom. The van der Waals surface area contributed by atoms with E-state index in [0.29, 0.717) is 31.9 Å². The second-order valence-electron chi connectivity index (χ2n) is 9.60. The summed E-state index contributed by atoms with van der Waals surface area (Å²) in [5, 5.41) is 0.147. The number of nitrogens with zero attached hydrogens (tertiary/aromatic N) is 3. The molecule has 2 N–H and O–H groups in total. The molecule has 1 aliphatic rings. The van der Waals surface area contributed by atoms with E-state index in [0.717, 1.165) is 0 Å². The SMILES string of the molecule is COc1cccc(F)c1-c1c(Cl)cc2c(N3CCN(C(=O)OC(C)(C)C)CC3)c(C(N)=O)cnc2c1F. The fourth-order valence-electron chi connectivity index (χ4n) is 4.36. The van der Waals surface area contributed by atoms with Gasteiger partial charge in [-0.25, -0.2) is 13.6 Å². The largest absolute Gasteiger partial charge is 0.496 e. The van der Waals surface area contributed by atoms with Gasteiger partial charge in [0, 0.05) is 43.3 Å². The number of carbonyl (C=O) groups is 2. The summed E-state index contributed by atoms with van der Waals surface area (Å²) in [4.78, 5) is 32.3. The number of piperazine rings is 1. The smallest absolute Gasteiger partial charge is 0.410 e. The number of hydrogen-bond donors (Lipinski definition) is 1. The number of anilines is 1. The number of fused-ring (bicyclic) bond motifs is 1. The molecule has 8 nitrogen and oxygen atoms in total. The third-order valence-corrected chi connectivity index (χ3v) is 6.28. The zero-order valence-electron chi connectivity index (χ0n) is 20.9. The molecule has 0 radical (unpaired) electrons. The van der Waals surface area contributed by atoms with Crippen LogP contribution in [0.3, 0.4) is 0 Å². The van der Waals surface area contributed by atoms with Crippen LogP contribution in [-0.2, 0) is 4.74 Å². The van der Waals surface area contributed by atoms with Crippen LogP contribution >= 0.6 is 11.6 Å². The number of ether oxygens (including phenoxy) is 2. The van der Waals surface area contributed by atoms with E-state index in [2.05, 4.69) is 4.98 Å². The zero-order chi connectivity index (χ0) is 27.1. The second-order valence-corrected chi connectivity index (χ2v) is 10.0. The number of amides is 2. The maximum atomic E-state index is 15.9. The third kappa shape index (κ3) is 5.11. The first-order chi connectivity index (χ1) is 17.4. The quantitative estimate of drug-likeness (QED) is 0.508. The van der Waals surface area contributed by atoms with Gasteiger partial charge in [0.25, 0.3) is 5.91 Å². The van der Waals surface area contributed by atoms with Crippen LogP contribution in [-0.4, -0.2) is 60.8 Å². The van der Waals surface area contributed by atoms with Gasteiger partial charge in [-0.1, -0.05) is 17.7 Å². The third-order valence-electron chi connectivity index (χ3n) is 5.98. The lowest BCUT2D eigenvalue weighted by molar-refractivity contribution is 0.0240. The number of aromatic nitrogens is 1. The molecule has 0 aliphatic carbocycles. The number of benzene rings is 2. The van der Waals surface area contributed by atoms with E-state index < -0.39 is 29.2 Å². The highest BCUT2D eigenvalue weighted by Crippen LogP contribution is 2.43. The summed E-state index contributed by atoms with van der Waals surface area (Å²) in [7, 11) is 1.34. The minimum atomic E-state index is -0.865. The molecule has 1 saturated heterocycles. The summed E-state index contributed by atoms with van der Waals surface area (Å²) < 4.78 is 41.4. The molecular formula is C26H27ClF2N4O4. The van der Waals surface area contributed by atoms with Crippen LogP contribution in [0.25, 0.3) is 22.0 Å². The molecule has 0 saturated carbocycles. The molecule has 1 aromatic heterocycles. The fraction of sp³-hybridized carbons (Fsp3) is 0.346. The fourth-order valence-corrected chi connectivity index (χ4v) is 4.64. The molecule has 0 unspecified atom stereocenters. The molecule has 3 aromatic rings. The molecule has 1 fully saturated rings. The number of pyridine rings is 1. The Labute approximate surface area is 217 Å². The normalized spacial score (nSPS) is 14.1. The Morgan fingerprint density at radius 2 is 1.78 bits per heavy atom. The first-order valence-electron chi connectivity index (χ1n) is 11.6. The van der Waals surface area contributed by atoms with E-state index in [1.807, 2.05) is 4.90 Å². The summed E-state index contributed by atoms with van der Waals surface area (Å²) in [6.45, 7) is 6.60. The van der Waals surface area contributed by atoms with Crippen molar-refractivity contribution in [1.29, 1.82) is 0 Å². The average Bonchev–Trinajstić information content (AvgIpc) is 2.83. The molecule has 0 bridgehead atoms. The van der Waals surface area contributed by atoms with Crippen molar-refractivity contribution < 1.29 is 27.8 Å². The van der Waals surface area contributed by atoms with Crippen molar-refractivity contribution in [3.05, 3.63) is 52.7 Å². The van der Waals surface area contributed by atoms with Gasteiger partial charge in [-0.05, 0) is 39.0 Å². The van der Waals surface area contributed by atoms with E-state index in [9.17, 15) is 14.0 Å². The summed E-state index contributed by atoms with van der Waals surface area (Å²) >= 11 is 6.52. The van der Waals surface area contributed by atoms with Crippen molar-refractivity contribution in [3.8, 4) is 16.9 Å². The monoisotopic (exact) mass is 532 g/mol. The highest BCUT2D eigenvalue weighted by atomic mass is 35.5. The van der Waals surface area contributed by atoms with Crippen LogP contribution < -0.4 is 15.4 Å². The van der Waals surface area contributed by atoms with E-state index in [4.69, 9.17) is 26.8 Å². The summed E-state index contributed by atoms with van der Waals surface area (Å²) in [6, 6.07) is 5.56.